The number of carboxylic acids is 2. The fourth-order valence-electron chi connectivity index (χ4n) is 1.21. The molecule has 0 aromatic carbocycles. The van der Waals surface area contributed by atoms with Crippen molar-refractivity contribution in [2.45, 2.75) is 46.6 Å². The van der Waals surface area contributed by atoms with Crippen molar-refractivity contribution in [3.63, 3.8) is 0 Å². The molecule has 0 aromatic heterocycles. The maximum atomic E-state index is 11.6. The van der Waals surface area contributed by atoms with Crippen LogP contribution < -0.4 is 5.32 Å². The van der Waals surface area contributed by atoms with Gasteiger partial charge >= 0.3 is 11.9 Å². The van der Waals surface area contributed by atoms with Gasteiger partial charge in [0.05, 0.1) is 6.42 Å². The van der Waals surface area contributed by atoms with E-state index in [0.717, 1.165) is 0 Å². The predicted molar refractivity (Wildman–Crippen MR) is 65.1 cm³/mol. The lowest BCUT2D eigenvalue weighted by molar-refractivity contribution is -0.147. The molecule has 18 heavy (non-hydrogen) atoms. The number of hydrogen-bond donors (Lipinski definition) is 3. The van der Waals surface area contributed by atoms with Gasteiger partial charge in [0, 0.05) is 6.42 Å². The third kappa shape index (κ3) is 6.22. The van der Waals surface area contributed by atoms with Crippen LogP contribution in [0.15, 0.2) is 0 Å². The van der Waals surface area contributed by atoms with Crippen molar-refractivity contribution in [2.75, 3.05) is 0 Å². The summed E-state index contributed by atoms with van der Waals surface area (Å²) in [5, 5.41) is 19.6. The molecule has 0 heterocycles. The summed E-state index contributed by atoms with van der Waals surface area (Å²) in [6.07, 6.45) is -0.447. The van der Waals surface area contributed by atoms with Crippen LogP contribution in [0.25, 0.3) is 0 Å². The van der Waals surface area contributed by atoms with E-state index in [2.05, 4.69) is 5.32 Å². The number of amides is 1. The number of aliphatic carboxylic acids is 2. The lowest BCUT2D eigenvalue weighted by atomic mass is 9.80. The lowest BCUT2D eigenvalue weighted by Crippen LogP contribution is -2.43. The van der Waals surface area contributed by atoms with Crippen molar-refractivity contribution in [3.8, 4) is 0 Å². The van der Waals surface area contributed by atoms with E-state index in [1.807, 2.05) is 27.7 Å². The number of carboxylic acid groups (broad SMARTS) is 2. The quantitative estimate of drug-likeness (QED) is 0.662. The number of hydrogen-bond acceptors (Lipinski definition) is 3. The molecular weight excluding hydrogens is 238 g/mol. The minimum absolute atomic E-state index is 0.0665. The summed E-state index contributed by atoms with van der Waals surface area (Å²) < 4.78 is 0. The third-order valence-electron chi connectivity index (χ3n) is 2.98. The standard InChI is InChI=1S/C12H21NO5/c1-7(12(2,3)4)5-9(14)13-8(11(17)18)6-10(15)16/h7-8H,5-6H2,1-4H3,(H,13,14)(H,15,16)(H,17,18)/t7?,8-/m1/s1. The van der Waals surface area contributed by atoms with Gasteiger partial charge in [-0.2, -0.15) is 0 Å². The second-order valence-electron chi connectivity index (χ2n) is 5.53. The van der Waals surface area contributed by atoms with Crippen LogP contribution in [0.1, 0.15) is 40.5 Å². The van der Waals surface area contributed by atoms with Gasteiger partial charge in [0.15, 0.2) is 0 Å². The summed E-state index contributed by atoms with van der Waals surface area (Å²) in [5.41, 5.74) is -0.0666. The van der Waals surface area contributed by atoms with Crippen molar-refractivity contribution < 1.29 is 24.6 Å². The molecule has 0 spiro atoms. The van der Waals surface area contributed by atoms with Gasteiger partial charge < -0.3 is 15.5 Å². The minimum Gasteiger partial charge on any atom is -0.481 e. The molecule has 0 saturated carbocycles. The zero-order valence-corrected chi connectivity index (χ0v) is 11.2. The van der Waals surface area contributed by atoms with Crippen LogP contribution in [0, 0.1) is 11.3 Å². The second-order valence-corrected chi connectivity index (χ2v) is 5.53. The van der Waals surface area contributed by atoms with Crippen molar-refractivity contribution in [1.82, 2.24) is 5.32 Å². The van der Waals surface area contributed by atoms with E-state index >= 15 is 0 Å². The molecule has 1 amide bonds. The zero-order valence-electron chi connectivity index (χ0n) is 11.2. The summed E-state index contributed by atoms with van der Waals surface area (Å²) in [6, 6.07) is -1.37. The van der Waals surface area contributed by atoms with Gasteiger partial charge in [0.2, 0.25) is 5.91 Å². The summed E-state index contributed by atoms with van der Waals surface area (Å²) in [4.78, 5) is 32.9. The molecule has 0 fully saturated rings. The average molecular weight is 259 g/mol. The molecule has 0 bridgehead atoms. The molecular formula is C12H21NO5. The third-order valence-corrected chi connectivity index (χ3v) is 2.98. The van der Waals surface area contributed by atoms with E-state index in [0.29, 0.717) is 0 Å². The van der Waals surface area contributed by atoms with E-state index in [9.17, 15) is 14.4 Å². The van der Waals surface area contributed by atoms with E-state index < -0.39 is 30.3 Å². The molecule has 0 aliphatic carbocycles. The summed E-state index contributed by atoms with van der Waals surface area (Å²) in [6.45, 7) is 7.84. The van der Waals surface area contributed by atoms with Gasteiger partial charge in [0.25, 0.3) is 0 Å². The molecule has 1 unspecified atom stereocenters. The number of carbonyl (C=O) groups is 3. The monoisotopic (exact) mass is 259 g/mol. The van der Waals surface area contributed by atoms with Crippen molar-refractivity contribution in [2.24, 2.45) is 11.3 Å². The molecule has 0 aliphatic rings. The first-order chi connectivity index (χ1) is 8.04. The first-order valence-electron chi connectivity index (χ1n) is 5.78. The maximum absolute atomic E-state index is 11.6. The average Bonchev–Trinajstić information content (AvgIpc) is 2.13. The highest BCUT2D eigenvalue weighted by Crippen LogP contribution is 2.27. The Hall–Kier alpha value is -1.59. The fourth-order valence-corrected chi connectivity index (χ4v) is 1.21. The van der Waals surface area contributed by atoms with Crippen LogP contribution in [-0.4, -0.2) is 34.1 Å². The highest BCUT2D eigenvalue weighted by Gasteiger charge is 2.26. The van der Waals surface area contributed by atoms with Crippen molar-refractivity contribution in [3.05, 3.63) is 0 Å². The molecule has 0 rings (SSSR count). The number of nitrogens with one attached hydrogen (secondary N) is 1. The Labute approximate surface area is 106 Å². The molecule has 0 saturated heterocycles. The van der Waals surface area contributed by atoms with Gasteiger partial charge in [-0.15, -0.1) is 0 Å². The Balaban J connectivity index is 4.44. The SMILES string of the molecule is CC(CC(=O)N[C@H](CC(=O)O)C(=O)O)C(C)(C)C. The molecule has 0 aromatic rings. The molecule has 0 radical (unpaired) electrons. The fraction of sp³-hybridized carbons (Fsp3) is 0.750. The van der Waals surface area contributed by atoms with Crippen LogP contribution >= 0.6 is 0 Å². The van der Waals surface area contributed by atoms with Crippen LogP contribution in [0.3, 0.4) is 0 Å². The second kappa shape index (κ2) is 6.37. The maximum Gasteiger partial charge on any atom is 0.326 e. The van der Waals surface area contributed by atoms with E-state index in [4.69, 9.17) is 10.2 Å². The van der Waals surface area contributed by atoms with E-state index in [1.165, 1.54) is 0 Å². The minimum atomic E-state index is -1.37. The molecule has 2 atom stereocenters. The van der Waals surface area contributed by atoms with Crippen molar-refractivity contribution >= 4 is 17.8 Å². The Kier molecular flexibility index (Phi) is 5.81. The summed E-state index contributed by atoms with van der Waals surface area (Å²) in [5.74, 6) is -2.97. The smallest absolute Gasteiger partial charge is 0.326 e. The van der Waals surface area contributed by atoms with Crippen LogP contribution in [0.4, 0.5) is 0 Å². The van der Waals surface area contributed by atoms with Crippen molar-refractivity contribution in [1.29, 1.82) is 0 Å². The highest BCUT2D eigenvalue weighted by atomic mass is 16.4. The highest BCUT2D eigenvalue weighted by molar-refractivity contribution is 5.86. The summed E-state index contributed by atoms with van der Waals surface area (Å²) in [7, 11) is 0. The molecule has 104 valence electrons. The lowest BCUT2D eigenvalue weighted by Gasteiger charge is -2.27. The normalized spacial score (nSPS) is 14.7. The van der Waals surface area contributed by atoms with Crippen LogP contribution in [-0.2, 0) is 14.4 Å². The first kappa shape index (κ1) is 16.4. The van der Waals surface area contributed by atoms with Crippen LogP contribution in [0.5, 0.6) is 0 Å². The van der Waals surface area contributed by atoms with Gasteiger partial charge in [-0.25, -0.2) is 4.79 Å². The molecule has 6 heteroatoms. The Bertz CT molecular complexity index is 332. The Morgan fingerprint density at radius 2 is 1.61 bits per heavy atom. The predicted octanol–water partition coefficient (Wildman–Crippen LogP) is 1.10. The largest absolute Gasteiger partial charge is 0.481 e. The summed E-state index contributed by atoms with van der Waals surface area (Å²) >= 11 is 0. The van der Waals surface area contributed by atoms with Gasteiger partial charge in [-0.1, -0.05) is 27.7 Å². The Morgan fingerprint density at radius 1 is 1.11 bits per heavy atom. The molecule has 0 aliphatic heterocycles. The molecule has 6 nitrogen and oxygen atoms in total. The Morgan fingerprint density at radius 3 is 1.94 bits per heavy atom. The first-order valence-corrected chi connectivity index (χ1v) is 5.78. The van der Waals surface area contributed by atoms with Gasteiger partial charge in [-0.05, 0) is 11.3 Å². The molecule has 3 N–H and O–H groups in total. The van der Waals surface area contributed by atoms with E-state index in [1.54, 1.807) is 0 Å². The zero-order chi connectivity index (χ0) is 14.5. The number of carbonyl (C=O) groups excluding carboxylic acids is 1. The topological polar surface area (TPSA) is 104 Å². The van der Waals surface area contributed by atoms with Crippen LogP contribution in [0.2, 0.25) is 0 Å². The van der Waals surface area contributed by atoms with Gasteiger partial charge in [0.1, 0.15) is 6.04 Å². The van der Waals surface area contributed by atoms with Gasteiger partial charge in [-0.3, -0.25) is 9.59 Å². The van der Waals surface area contributed by atoms with E-state index in [-0.39, 0.29) is 17.8 Å². The number of rotatable bonds is 6.